The second-order valence-corrected chi connectivity index (χ2v) is 6.72. The zero-order valence-corrected chi connectivity index (χ0v) is 15.8. The van der Waals surface area contributed by atoms with E-state index >= 15 is 0 Å². The predicted molar refractivity (Wildman–Crippen MR) is 99.9 cm³/mol. The summed E-state index contributed by atoms with van der Waals surface area (Å²) in [5, 5.41) is 11.6. The van der Waals surface area contributed by atoms with Gasteiger partial charge in [0.2, 0.25) is 5.91 Å². The number of carboxylic acids is 1. The highest BCUT2D eigenvalue weighted by Gasteiger charge is 2.25. The molecular formula is C18H26N2O4S. The largest absolute Gasteiger partial charge is 0.481 e. The molecule has 6 nitrogen and oxygen atoms in total. The molecule has 0 bridgehead atoms. The Morgan fingerprint density at radius 3 is 2.60 bits per heavy atom. The zero-order chi connectivity index (χ0) is 18.8. The fourth-order valence-corrected chi connectivity index (χ4v) is 2.87. The van der Waals surface area contributed by atoms with Gasteiger partial charge in [-0.3, -0.25) is 14.4 Å². The summed E-state index contributed by atoms with van der Waals surface area (Å²) >= 11 is 1.59. The second kappa shape index (κ2) is 10.8. The number of amides is 2. The molecule has 0 heterocycles. The van der Waals surface area contributed by atoms with E-state index in [1.807, 2.05) is 19.2 Å². The standard InChI is InChI=1S/C18H26N2O4S/c1-4-20(10-8-16(21)22)18(24)15(9-11-25-3)19-17(23)14-7-5-6-13(2)12-14/h5-7,12,15H,4,8-11H2,1-3H3,(H,19,23)(H,21,22). The van der Waals surface area contributed by atoms with Gasteiger partial charge in [0, 0.05) is 18.7 Å². The van der Waals surface area contributed by atoms with Crippen LogP contribution in [-0.2, 0) is 9.59 Å². The first-order chi connectivity index (χ1) is 11.9. The van der Waals surface area contributed by atoms with Gasteiger partial charge in [0.15, 0.2) is 0 Å². The molecule has 0 aliphatic heterocycles. The lowest BCUT2D eigenvalue weighted by Crippen LogP contribution is -2.49. The Bertz CT molecular complexity index is 606. The normalized spacial score (nSPS) is 11.6. The first kappa shape index (κ1) is 21.0. The lowest BCUT2D eigenvalue weighted by atomic mass is 10.1. The van der Waals surface area contributed by atoms with Crippen LogP contribution in [0.25, 0.3) is 0 Å². The summed E-state index contributed by atoms with van der Waals surface area (Å²) in [6.07, 6.45) is 2.33. The lowest BCUT2D eigenvalue weighted by molar-refractivity contribution is -0.139. The Morgan fingerprint density at radius 2 is 2.04 bits per heavy atom. The molecule has 0 radical (unpaired) electrons. The van der Waals surface area contributed by atoms with Crippen molar-refractivity contribution < 1.29 is 19.5 Å². The monoisotopic (exact) mass is 366 g/mol. The number of carboxylic acid groups (broad SMARTS) is 1. The quantitative estimate of drug-likeness (QED) is 0.663. The number of hydrogen-bond acceptors (Lipinski definition) is 4. The van der Waals surface area contributed by atoms with Crippen molar-refractivity contribution in [1.82, 2.24) is 10.2 Å². The number of aliphatic carboxylic acids is 1. The van der Waals surface area contributed by atoms with Gasteiger partial charge in [-0.25, -0.2) is 0 Å². The minimum Gasteiger partial charge on any atom is -0.481 e. The number of likely N-dealkylation sites (N-methyl/N-ethyl adjacent to an activating group) is 1. The van der Waals surface area contributed by atoms with Crippen molar-refractivity contribution >= 4 is 29.5 Å². The van der Waals surface area contributed by atoms with E-state index in [0.717, 1.165) is 11.3 Å². The number of nitrogens with one attached hydrogen (secondary N) is 1. The van der Waals surface area contributed by atoms with Crippen molar-refractivity contribution in [2.45, 2.75) is 32.7 Å². The molecule has 1 atom stereocenters. The minimum absolute atomic E-state index is 0.110. The molecule has 2 amide bonds. The molecule has 1 unspecified atom stereocenters. The Hall–Kier alpha value is -2.02. The zero-order valence-electron chi connectivity index (χ0n) is 14.9. The summed E-state index contributed by atoms with van der Waals surface area (Å²) < 4.78 is 0. The van der Waals surface area contributed by atoms with Crippen molar-refractivity contribution in [1.29, 1.82) is 0 Å². The number of nitrogens with zero attached hydrogens (tertiary/aromatic N) is 1. The van der Waals surface area contributed by atoms with E-state index in [9.17, 15) is 14.4 Å². The molecule has 1 rings (SSSR count). The van der Waals surface area contributed by atoms with Gasteiger partial charge in [-0.1, -0.05) is 17.7 Å². The summed E-state index contributed by atoms with van der Waals surface area (Å²) in [4.78, 5) is 37.5. The summed E-state index contributed by atoms with van der Waals surface area (Å²) in [7, 11) is 0. The van der Waals surface area contributed by atoms with E-state index in [0.29, 0.717) is 18.5 Å². The molecule has 7 heteroatoms. The third-order valence-electron chi connectivity index (χ3n) is 3.78. The Kier molecular flexibility index (Phi) is 9.05. The maximum Gasteiger partial charge on any atom is 0.305 e. The van der Waals surface area contributed by atoms with E-state index < -0.39 is 12.0 Å². The Balaban J connectivity index is 2.85. The average molecular weight is 366 g/mol. The number of aryl methyl sites for hydroxylation is 1. The fraction of sp³-hybridized carbons (Fsp3) is 0.500. The SMILES string of the molecule is CCN(CCC(=O)O)C(=O)C(CCSC)NC(=O)c1cccc(C)c1. The maximum atomic E-state index is 12.7. The smallest absolute Gasteiger partial charge is 0.305 e. The molecule has 138 valence electrons. The maximum absolute atomic E-state index is 12.7. The van der Waals surface area contributed by atoms with Crippen molar-refractivity contribution in [3.05, 3.63) is 35.4 Å². The first-order valence-electron chi connectivity index (χ1n) is 8.26. The molecule has 1 aromatic rings. The molecule has 1 aromatic carbocycles. The highest BCUT2D eigenvalue weighted by molar-refractivity contribution is 7.98. The Morgan fingerprint density at radius 1 is 1.32 bits per heavy atom. The van der Waals surface area contributed by atoms with Crippen LogP contribution in [0.2, 0.25) is 0 Å². The van der Waals surface area contributed by atoms with Crippen LogP contribution in [0.15, 0.2) is 24.3 Å². The molecule has 0 saturated carbocycles. The molecule has 0 fully saturated rings. The molecule has 0 spiro atoms. The molecule has 0 aromatic heterocycles. The van der Waals surface area contributed by atoms with E-state index in [4.69, 9.17) is 5.11 Å². The van der Waals surface area contributed by atoms with Crippen LogP contribution >= 0.6 is 11.8 Å². The number of rotatable bonds is 10. The van der Waals surface area contributed by atoms with E-state index in [1.165, 1.54) is 4.90 Å². The molecular weight excluding hydrogens is 340 g/mol. The van der Waals surface area contributed by atoms with Crippen molar-refractivity contribution in [3.63, 3.8) is 0 Å². The number of hydrogen-bond donors (Lipinski definition) is 2. The molecule has 0 aliphatic carbocycles. The van der Waals surface area contributed by atoms with Crippen LogP contribution in [0, 0.1) is 6.92 Å². The predicted octanol–water partition coefficient (Wildman–Crippen LogP) is 2.17. The highest BCUT2D eigenvalue weighted by atomic mass is 32.2. The van der Waals surface area contributed by atoms with Crippen LogP contribution in [0.1, 0.15) is 35.7 Å². The molecule has 0 saturated heterocycles. The van der Waals surface area contributed by atoms with Crippen molar-refractivity contribution in [2.75, 3.05) is 25.1 Å². The van der Waals surface area contributed by atoms with Gasteiger partial charge in [0.1, 0.15) is 6.04 Å². The first-order valence-corrected chi connectivity index (χ1v) is 9.65. The van der Waals surface area contributed by atoms with Gasteiger partial charge < -0.3 is 15.3 Å². The fourth-order valence-electron chi connectivity index (χ4n) is 2.40. The van der Waals surface area contributed by atoms with Crippen molar-refractivity contribution in [2.24, 2.45) is 0 Å². The van der Waals surface area contributed by atoms with Gasteiger partial charge >= 0.3 is 5.97 Å². The lowest BCUT2D eigenvalue weighted by Gasteiger charge is -2.26. The van der Waals surface area contributed by atoms with Crippen LogP contribution in [0.3, 0.4) is 0 Å². The van der Waals surface area contributed by atoms with Crippen LogP contribution in [-0.4, -0.2) is 58.9 Å². The van der Waals surface area contributed by atoms with E-state index in [2.05, 4.69) is 5.32 Å². The van der Waals surface area contributed by atoms with E-state index in [1.54, 1.807) is 36.9 Å². The molecule has 2 N–H and O–H groups in total. The van der Waals surface area contributed by atoms with E-state index in [-0.39, 0.29) is 24.8 Å². The number of carbonyl (C=O) groups excluding carboxylic acids is 2. The number of thioether (sulfide) groups is 1. The summed E-state index contributed by atoms with van der Waals surface area (Å²) in [5.41, 5.74) is 1.48. The summed E-state index contributed by atoms with van der Waals surface area (Å²) in [5.74, 6) is -0.756. The van der Waals surface area contributed by atoms with Crippen LogP contribution in [0.4, 0.5) is 0 Å². The van der Waals surface area contributed by atoms with Crippen molar-refractivity contribution in [3.8, 4) is 0 Å². The molecule has 25 heavy (non-hydrogen) atoms. The second-order valence-electron chi connectivity index (χ2n) is 5.74. The number of benzene rings is 1. The van der Waals surface area contributed by atoms with Gasteiger partial charge in [-0.15, -0.1) is 0 Å². The van der Waals surface area contributed by atoms with Gasteiger partial charge in [0.05, 0.1) is 6.42 Å². The molecule has 0 aliphatic rings. The summed E-state index contributed by atoms with van der Waals surface area (Å²) in [6, 6.07) is 6.52. The average Bonchev–Trinajstić information content (AvgIpc) is 2.58. The van der Waals surface area contributed by atoms with Gasteiger partial charge in [-0.05, 0) is 44.4 Å². The third-order valence-corrected chi connectivity index (χ3v) is 4.43. The van der Waals surface area contributed by atoms with Crippen LogP contribution in [0.5, 0.6) is 0 Å². The van der Waals surface area contributed by atoms with Gasteiger partial charge in [0.25, 0.3) is 5.91 Å². The topological polar surface area (TPSA) is 86.7 Å². The Labute approximate surface area is 153 Å². The minimum atomic E-state index is -0.948. The highest BCUT2D eigenvalue weighted by Crippen LogP contribution is 2.09. The summed E-state index contributed by atoms with van der Waals surface area (Å²) in [6.45, 7) is 4.24. The third kappa shape index (κ3) is 7.17. The number of carbonyl (C=O) groups is 3. The van der Waals surface area contributed by atoms with Crippen LogP contribution < -0.4 is 5.32 Å². The van der Waals surface area contributed by atoms with Gasteiger partial charge in [-0.2, -0.15) is 11.8 Å².